The fraction of sp³-hybridized carbons (Fsp3) is 0.526. The monoisotopic (exact) mass is 301 g/mol. The minimum atomic E-state index is -0.254. The van der Waals surface area contributed by atoms with Gasteiger partial charge < -0.3 is 9.32 Å². The molecule has 3 nitrogen and oxygen atoms in total. The molecule has 0 atom stereocenters. The van der Waals surface area contributed by atoms with Gasteiger partial charge in [-0.05, 0) is 37.0 Å². The van der Waals surface area contributed by atoms with E-state index >= 15 is 0 Å². The summed E-state index contributed by atoms with van der Waals surface area (Å²) in [5.41, 5.74) is 2.67. The van der Waals surface area contributed by atoms with E-state index in [1.807, 2.05) is 6.07 Å². The number of rotatable bonds is 8. The standard InChI is InChI=1S/C19H27NO2/c1-4-7-11-20(12-8-5-2)16-9-10-17-15(6-3)13-19(21)22-18(17)14-16/h9-10,13-14H,4-8,11-12H2,1-3H3. The molecule has 0 saturated carbocycles. The Bertz CT molecular complexity index is 652. The first-order chi connectivity index (χ1) is 10.7. The smallest absolute Gasteiger partial charge is 0.336 e. The molecule has 0 spiro atoms. The minimum Gasteiger partial charge on any atom is -0.423 e. The Labute approximate surface area is 132 Å². The van der Waals surface area contributed by atoms with Gasteiger partial charge in [0.25, 0.3) is 0 Å². The molecule has 0 radical (unpaired) electrons. The van der Waals surface area contributed by atoms with E-state index in [4.69, 9.17) is 4.42 Å². The van der Waals surface area contributed by atoms with Gasteiger partial charge in [0.2, 0.25) is 0 Å². The van der Waals surface area contributed by atoms with E-state index in [0.29, 0.717) is 5.58 Å². The van der Waals surface area contributed by atoms with Gasteiger partial charge in [0, 0.05) is 36.3 Å². The first-order valence-corrected chi connectivity index (χ1v) is 8.51. The number of hydrogen-bond donors (Lipinski definition) is 0. The number of nitrogens with zero attached hydrogens (tertiary/aromatic N) is 1. The summed E-state index contributed by atoms with van der Waals surface area (Å²) in [5.74, 6) is 0. The molecule has 0 fully saturated rings. The summed E-state index contributed by atoms with van der Waals surface area (Å²) in [7, 11) is 0. The summed E-state index contributed by atoms with van der Waals surface area (Å²) < 4.78 is 5.42. The van der Waals surface area contributed by atoms with Crippen LogP contribution in [0.15, 0.2) is 33.5 Å². The van der Waals surface area contributed by atoms with Crippen molar-refractivity contribution in [2.75, 3.05) is 18.0 Å². The number of fused-ring (bicyclic) bond motifs is 1. The molecule has 1 aromatic carbocycles. The van der Waals surface area contributed by atoms with Crippen LogP contribution in [0.5, 0.6) is 0 Å². The lowest BCUT2D eigenvalue weighted by Crippen LogP contribution is -2.25. The molecule has 1 heterocycles. The number of unbranched alkanes of at least 4 members (excludes halogenated alkanes) is 2. The maximum atomic E-state index is 11.7. The summed E-state index contributed by atoms with van der Waals surface area (Å²) in [5, 5.41) is 1.05. The normalized spacial score (nSPS) is 11.0. The number of anilines is 1. The SMILES string of the molecule is CCCCN(CCCC)c1ccc2c(CC)cc(=O)oc2c1. The van der Waals surface area contributed by atoms with E-state index < -0.39 is 0 Å². The fourth-order valence-corrected chi connectivity index (χ4v) is 2.78. The molecule has 2 aromatic rings. The van der Waals surface area contributed by atoms with Crippen molar-refractivity contribution < 1.29 is 4.42 Å². The van der Waals surface area contributed by atoms with Gasteiger partial charge in [-0.3, -0.25) is 0 Å². The highest BCUT2D eigenvalue weighted by atomic mass is 16.4. The van der Waals surface area contributed by atoms with Crippen LogP contribution in [0.1, 0.15) is 52.0 Å². The van der Waals surface area contributed by atoms with Gasteiger partial charge in [-0.25, -0.2) is 4.79 Å². The van der Waals surface area contributed by atoms with Crippen molar-refractivity contribution in [3.8, 4) is 0 Å². The Morgan fingerprint density at radius 1 is 1.00 bits per heavy atom. The third kappa shape index (κ3) is 3.90. The maximum absolute atomic E-state index is 11.7. The summed E-state index contributed by atoms with van der Waals surface area (Å²) in [6, 6.07) is 7.89. The summed E-state index contributed by atoms with van der Waals surface area (Å²) >= 11 is 0. The van der Waals surface area contributed by atoms with Crippen LogP contribution in [0.3, 0.4) is 0 Å². The van der Waals surface area contributed by atoms with E-state index in [1.54, 1.807) is 6.07 Å². The minimum absolute atomic E-state index is 0.254. The van der Waals surface area contributed by atoms with Gasteiger partial charge in [0.15, 0.2) is 0 Å². The van der Waals surface area contributed by atoms with Crippen LogP contribution in [-0.2, 0) is 6.42 Å². The lowest BCUT2D eigenvalue weighted by Gasteiger charge is -2.25. The summed E-state index contributed by atoms with van der Waals surface area (Å²) in [6.07, 6.45) is 5.58. The quantitative estimate of drug-likeness (QED) is 0.659. The lowest BCUT2D eigenvalue weighted by molar-refractivity contribution is 0.558. The Kier molecular flexibility index (Phi) is 6.05. The molecule has 0 amide bonds. The van der Waals surface area contributed by atoms with Crippen LogP contribution in [0, 0.1) is 0 Å². The summed E-state index contributed by atoms with van der Waals surface area (Å²) in [6.45, 7) is 8.60. The molecule has 120 valence electrons. The Morgan fingerprint density at radius 2 is 1.68 bits per heavy atom. The van der Waals surface area contributed by atoms with Crippen LogP contribution in [-0.4, -0.2) is 13.1 Å². The average molecular weight is 301 g/mol. The fourth-order valence-electron chi connectivity index (χ4n) is 2.78. The molecular weight excluding hydrogens is 274 g/mol. The van der Waals surface area contributed by atoms with Crippen molar-refractivity contribution in [3.05, 3.63) is 40.2 Å². The highest BCUT2D eigenvalue weighted by Gasteiger charge is 2.10. The largest absolute Gasteiger partial charge is 0.423 e. The molecule has 0 aliphatic carbocycles. The molecule has 0 bridgehead atoms. The second-order valence-corrected chi connectivity index (χ2v) is 5.82. The second kappa shape index (κ2) is 8.02. The van der Waals surface area contributed by atoms with E-state index in [2.05, 4.69) is 37.8 Å². The molecule has 22 heavy (non-hydrogen) atoms. The number of benzene rings is 1. The van der Waals surface area contributed by atoms with Gasteiger partial charge >= 0.3 is 5.63 Å². The molecule has 2 rings (SSSR count). The molecule has 0 aliphatic rings. The first-order valence-electron chi connectivity index (χ1n) is 8.51. The highest BCUT2D eigenvalue weighted by Crippen LogP contribution is 2.24. The zero-order chi connectivity index (χ0) is 15.9. The van der Waals surface area contributed by atoms with E-state index in [1.165, 1.54) is 25.7 Å². The van der Waals surface area contributed by atoms with Crippen molar-refractivity contribution >= 4 is 16.7 Å². The topological polar surface area (TPSA) is 33.5 Å². The Morgan fingerprint density at radius 3 is 2.27 bits per heavy atom. The third-order valence-electron chi connectivity index (χ3n) is 4.12. The molecule has 1 aromatic heterocycles. The van der Waals surface area contributed by atoms with Crippen LogP contribution >= 0.6 is 0 Å². The molecular formula is C19H27NO2. The van der Waals surface area contributed by atoms with Crippen molar-refractivity contribution in [3.63, 3.8) is 0 Å². The predicted molar refractivity (Wildman–Crippen MR) is 93.9 cm³/mol. The van der Waals surface area contributed by atoms with Crippen LogP contribution in [0.4, 0.5) is 5.69 Å². The van der Waals surface area contributed by atoms with Gasteiger partial charge in [-0.15, -0.1) is 0 Å². The van der Waals surface area contributed by atoms with Gasteiger partial charge in [-0.2, -0.15) is 0 Å². The number of hydrogen-bond acceptors (Lipinski definition) is 3. The average Bonchev–Trinajstić information content (AvgIpc) is 2.53. The van der Waals surface area contributed by atoms with Gasteiger partial charge in [0.1, 0.15) is 5.58 Å². The zero-order valence-corrected chi connectivity index (χ0v) is 14.0. The van der Waals surface area contributed by atoms with Crippen molar-refractivity contribution in [1.29, 1.82) is 0 Å². The van der Waals surface area contributed by atoms with E-state index in [9.17, 15) is 4.79 Å². The number of aryl methyl sites for hydroxylation is 1. The summed E-state index contributed by atoms with van der Waals surface area (Å²) in [4.78, 5) is 14.1. The van der Waals surface area contributed by atoms with E-state index in [-0.39, 0.29) is 5.63 Å². The molecule has 0 saturated heterocycles. The highest BCUT2D eigenvalue weighted by molar-refractivity contribution is 5.83. The molecule has 0 N–H and O–H groups in total. The Hall–Kier alpha value is -1.77. The van der Waals surface area contributed by atoms with Crippen molar-refractivity contribution in [2.45, 2.75) is 52.9 Å². The van der Waals surface area contributed by atoms with Gasteiger partial charge in [0.05, 0.1) is 0 Å². The van der Waals surface area contributed by atoms with Gasteiger partial charge in [-0.1, -0.05) is 33.6 Å². The second-order valence-electron chi connectivity index (χ2n) is 5.82. The van der Waals surface area contributed by atoms with Crippen LogP contribution in [0.25, 0.3) is 11.0 Å². The lowest BCUT2D eigenvalue weighted by atomic mass is 10.1. The molecule has 0 aliphatic heterocycles. The van der Waals surface area contributed by atoms with E-state index in [0.717, 1.165) is 36.1 Å². The van der Waals surface area contributed by atoms with Crippen molar-refractivity contribution in [1.82, 2.24) is 0 Å². The molecule has 0 unspecified atom stereocenters. The Balaban J connectivity index is 2.38. The third-order valence-corrected chi connectivity index (χ3v) is 4.12. The van der Waals surface area contributed by atoms with Crippen LogP contribution < -0.4 is 10.5 Å². The zero-order valence-electron chi connectivity index (χ0n) is 14.0. The predicted octanol–water partition coefficient (Wildman–Crippen LogP) is 4.76. The first kappa shape index (κ1) is 16.6. The van der Waals surface area contributed by atoms with Crippen molar-refractivity contribution in [2.24, 2.45) is 0 Å². The maximum Gasteiger partial charge on any atom is 0.336 e. The van der Waals surface area contributed by atoms with Crippen LogP contribution in [0.2, 0.25) is 0 Å². The molecule has 3 heteroatoms.